The first-order valence-corrected chi connectivity index (χ1v) is 5.96. The van der Waals surface area contributed by atoms with Crippen molar-refractivity contribution in [2.24, 2.45) is 0 Å². The van der Waals surface area contributed by atoms with Gasteiger partial charge in [-0.25, -0.2) is 8.78 Å². The van der Waals surface area contributed by atoms with Gasteiger partial charge in [-0.05, 0) is 43.2 Å². The van der Waals surface area contributed by atoms with Crippen LogP contribution in [0.5, 0.6) is 5.75 Å². The van der Waals surface area contributed by atoms with Crippen LogP contribution in [0.1, 0.15) is 16.7 Å². The second-order valence-corrected chi connectivity index (χ2v) is 4.52. The van der Waals surface area contributed by atoms with Gasteiger partial charge in [-0.3, -0.25) is 0 Å². The molecule has 2 aromatic rings. The molecule has 2 N–H and O–H groups in total. The number of hydrogen-bond acceptors (Lipinski definition) is 2. The average molecular weight is 263 g/mol. The number of anilines is 1. The Morgan fingerprint density at radius 3 is 2.58 bits per heavy atom. The van der Waals surface area contributed by atoms with Gasteiger partial charge in [0.15, 0.2) is 11.6 Å². The van der Waals surface area contributed by atoms with Gasteiger partial charge >= 0.3 is 0 Å². The second-order valence-electron chi connectivity index (χ2n) is 4.52. The van der Waals surface area contributed by atoms with Crippen molar-refractivity contribution in [1.82, 2.24) is 0 Å². The molecule has 2 nitrogen and oxygen atoms in total. The van der Waals surface area contributed by atoms with E-state index in [9.17, 15) is 13.9 Å². The normalized spacial score (nSPS) is 10.5. The van der Waals surface area contributed by atoms with E-state index in [0.29, 0.717) is 0 Å². The number of nitrogens with one attached hydrogen (secondary N) is 1. The zero-order chi connectivity index (χ0) is 14.0. The van der Waals surface area contributed by atoms with Gasteiger partial charge in [0.05, 0.1) is 0 Å². The van der Waals surface area contributed by atoms with Crippen molar-refractivity contribution in [2.45, 2.75) is 20.4 Å². The summed E-state index contributed by atoms with van der Waals surface area (Å²) in [6.07, 6.45) is 0. The Morgan fingerprint density at radius 1 is 1.11 bits per heavy atom. The van der Waals surface area contributed by atoms with Crippen molar-refractivity contribution in [1.29, 1.82) is 0 Å². The molecule has 0 radical (unpaired) electrons. The molecular formula is C15H15F2NO. The highest BCUT2D eigenvalue weighted by atomic mass is 19.2. The summed E-state index contributed by atoms with van der Waals surface area (Å²) in [5.41, 5.74) is 2.64. The van der Waals surface area contributed by atoms with Gasteiger partial charge in [0, 0.05) is 17.8 Å². The molecule has 2 aromatic carbocycles. The maximum atomic E-state index is 13.5. The minimum atomic E-state index is -0.849. The Balaban J connectivity index is 2.19. The van der Waals surface area contributed by atoms with Crippen LogP contribution < -0.4 is 5.32 Å². The quantitative estimate of drug-likeness (QED) is 0.823. The van der Waals surface area contributed by atoms with Crippen molar-refractivity contribution >= 4 is 5.69 Å². The molecule has 0 fully saturated rings. The molecule has 4 heteroatoms. The summed E-state index contributed by atoms with van der Waals surface area (Å²) in [6, 6.07) is 7.52. The standard InChI is InChI=1S/C15H15F2NO/c1-9-7-14(19)10(2)6-13(9)18-8-11-4-3-5-12(16)15(11)17/h3-7,18-19H,8H2,1-2H3. The smallest absolute Gasteiger partial charge is 0.163 e. The topological polar surface area (TPSA) is 32.3 Å². The lowest BCUT2D eigenvalue weighted by molar-refractivity contribution is 0.471. The van der Waals surface area contributed by atoms with Crippen molar-refractivity contribution in [3.8, 4) is 5.75 Å². The highest BCUT2D eigenvalue weighted by Crippen LogP contribution is 2.25. The number of benzene rings is 2. The summed E-state index contributed by atoms with van der Waals surface area (Å²) < 4.78 is 26.6. The molecule has 19 heavy (non-hydrogen) atoms. The molecule has 0 aromatic heterocycles. The third kappa shape index (κ3) is 2.84. The lowest BCUT2D eigenvalue weighted by atomic mass is 10.1. The molecule has 0 heterocycles. The van der Waals surface area contributed by atoms with Crippen molar-refractivity contribution in [2.75, 3.05) is 5.32 Å². The Morgan fingerprint density at radius 2 is 1.84 bits per heavy atom. The maximum absolute atomic E-state index is 13.5. The summed E-state index contributed by atoms with van der Waals surface area (Å²) >= 11 is 0. The summed E-state index contributed by atoms with van der Waals surface area (Å²) in [5, 5.41) is 12.6. The Labute approximate surface area is 110 Å². The van der Waals surface area contributed by atoms with Gasteiger partial charge < -0.3 is 10.4 Å². The van der Waals surface area contributed by atoms with E-state index in [4.69, 9.17) is 0 Å². The van der Waals surface area contributed by atoms with Gasteiger partial charge in [-0.15, -0.1) is 0 Å². The van der Waals surface area contributed by atoms with E-state index < -0.39 is 11.6 Å². The van der Waals surface area contributed by atoms with E-state index in [1.165, 1.54) is 12.1 Å². The van der Waals surface area contributed by atoms with E-state index in [-0.39, 0.29) is 17.9 Å². The van der Waals surface area contributed by atoms with E-state index in [1.54, 1.807) is 19.1 Å². The van der Waals surface area contributed by atoms with Gasteiger partial charge in [0.1, 0.15) is 5.75 Å². The molecule has 0 bridgehead atoms. The Bertz CT molecular complexity index is 611. The highest BCUT2D eigenvalue weighted by Gasteiger charge is 2.08. The lowest BCUT2D eigenvalue weighted by Crippen LogP contribution is -2.04. The van der Waals surface area contributed by atoms with Crippen molar-refractivity contribution in [3.05, 3.63) is 58.7 Å². The summed E-state index contributed by atoms with van der Waals surface area (Å²) in [7, 11) is 0. The van der Waals surface area contributed by atoms with Crippen LogP contribution in [0.25, 0.3) is 0 Å². The van der Waals surface area contributed by atoms with Crippen LogP contribution in [0.15, 0.2) is 30.3 Å². The molecule has 0 saturated carbocycles. The van der Waals surface area contributed by atoms with Crippen LogP contribution in [-0.2, 0) is 6.54 Å². The van der Waals surface area contributed by atoms with Crippen LogP contribution in [0.3, 0.4) is 0 Å². The first-order chi connectivity index (χ1) is 8.99. The first-order valence-electron chi connectivity index (χ1n) is 5.96. The molecule has 0 amide bonds. The summed E-state index contributed by atoms with van der Waals surface area (Å²) in [4.78, 5) is 0. The molecular weight excluding hydrogens is 248 g/mol. The fourth-order valence-corrected chi connectivity index (χ4v) is 1.87. The molecule has 2 rings (SSSR count). The van der Waals surface area contributed by atoms with Gasteiger partial charge in [-0.1, -0.05) is 12.1 Å². The highest BCUT2D eigenvalue weighted by molar-refractivity contribution is 5.56. The van der Waals surface area contributed by atoms with Crippen LogP contribution in [-0.4, -0.2) is 5.11 Å². The summed E-state index contributed by atoms with van der Waals surface area (Å²) in [5.74, 6) is -1.46. The fourth-order valence-electron chi connectivity index (χ4n) is 1.87. The molecule has 0 unspecified atom stereocenters. The average Bonchev–Trinajstić information content (AvgIpc) is 2.37. The van der Waals surface area contributed by atoms with Crippen LogP contribution in [0.2, 0.25) is 0 Å². The van der Waals surface area contributed by atoms with E-state index in [1.807, 2.05) is 6.92 Å². The molecule has 0 saturated heterocycles. The third-order valence-corrected chi connectivity index (χ3v) is 3.04. The SMILES string of the molecule is Cc1cc(NCc2cccc(F)c2F)c(C)cc1O. The molecule has 100 valence electrons. The second kappa shape index (κ2) is 5.26. The van der Waals surface area contributed by atoms with E-state index in [2.05, 4.69) is 5.32 Å². The van der Waals surface area contributed by atoms with Gasteiger partial charge in [0.25, 0.3) is 0 Å². The zero-order valence-corrected chi connectivity index (χ0v) is 10.8. The van der Waals surface area contributed by atoms with E-state index in [0.717, 1.165) is 22.9 Å². The molecule has 0 aliphatic heterocycles. The van der Waals surface area contributed by atoms with Crippen LogP contribution in [0, 0.1) is 25.5 Å². The molecule has 0 atom stereocenters. The zero-order valence-electron chi connectivity index (χ0n) is 10.8. The Hall–Kier alpha value is -2.10. The lowest BCUT2D eigenvalue weighted by Gasteiger charge is -2.12. The molecule has 0 aliphatic carbocycles. The van der Waals surface area contributed by atoms with Crippen molar-refractivity contribution in [3.63, 3.8) is 0 Å². The fraction of sp³-hybridized carbons (Fsp3) is 0.200. The first kappa shape index (κ1) is 13.3. The third-order valence-electron chi connectivity index (χ3n) is 3.04. The predicted molar refractivity (Wildman–Crippen MR) is 71.3 cm³/mol. The van der Waals surface area contributed by atoms with Crippen LogP contribution >= 0.6 is 0 Å². The number of phenols is 1. The largest absolute Gasteiger partial charge is 0.508 e. The van der Waals surface area contributed by atoms with Crippen LogP contribution in [0.4, 0.5) is 14.5 Å². The summed E-state index contributed by atoms with van der Waals surface area (Å²) in [6.45, 7) is 3.81. The van der Waals surface area contributed by atoms with Crippen molar-refractivity contribution < 1.29 is 13.9 Å². The minimum Gasteiger partial charge on any atom is -0.508 e. The van der Waals surface area contributed by atoms with Gasteiger partial charge in [-0.2, -0.15) is 0 Å². The number of aromatic hydroxyl groups is 1. The predicted octanol–water partition coefficient (Wildman–Crippen LogP) is 3.90. The number of hydrogen-bond donors (Lipinski definition) is 2. The monoisotopic (exact) mass is 263 g/mol. The van der Waals surface area contributed by atoms with E-state index >= 15 is 0 Å². The molecule has 0 spiro atoms. The maximum Gasteiger partial charge on any atom is 0.163 e. The number of aryl methyl sites for hydroxylation is 2. The van der Waals surface area contributed by atoms with Gasteiger partial charge in [0.2, 0.25) is 0 Å². The molecule has 0 aliphatic rings. The minimum absolute atomic E-state index is 0.189. The Kier molecular flexibility index (Phi) is 3.69. The number of halogens is 2. The number of phenolic OH excluding ortho intramolecular Hbond substituents is 1. The number of rotatable bonds is 3.